The molecule has 1 atom stereocenters. The lowest BCUT2D eigenvalue weighted by molar-refractivity contribution is 0.471. The number of fused-ring (bicyclic) bond motifs is 6. The zero-order chi connectivity index (χ0) is 60.3. The number of benzene rings is 6. The number of hydrogen-bond donors (Lipinski definition) is 3. The van der Waals surface area contributed by atoms with Crippen molar-refractivity contribution in [2.75, 3.05) is 0 Å². The first-order chi connectivity index (χ1) is 43.0. The van der Waals surface area contributed by atoms with Crippen molar-refractivity contribution in [3.8, 4) is 33.4 Å². The Labute approximate surface area is 510 Å². The first kappa shape index (κ1) is 56.7. The summed E-state index contributed by atoms with van der Waals surface area (Å²) in [5.41, 5.74) is 10.1. The molecule has 22 heteroatoms. The summed E-state index contributed by atoms with van der Waals surface area (Å²) < 4.78 is 32.0. The number of aromatic nitrogens is 12. The van der Waals surface area contributed by atoms with Gasteiger partial charge in [0.25, 0.3) is 0 Å². The molecule has 0 saturated carbocycles. The third-order valence-corrected chi connectivity index (χ3v) is 17.4. The molecule has 0 saturated heterocycles. The molecule has 0 spiro atoms. The minimum absolute atomic E-state index is 0.167. The standard InChI is InChI=1S/C23H18N4O2S.C22H16N4O2S.C21H13FN4O2S/c1-13-6-5-7-15(10-13)18-16-8-3-4-9-17(16)23(28)29-20(18)14(2)30-22-19-21(25-11-24-19)26-12-27-22;1-13-5-4-6-14(9-13)18-15-7-2-3-8-16(15)22(27)28-17(18)10-29-21-19-20(24-11-23-19)25-12-26-21;22-15-8-4-3-7-14(15)17-12-5-1-2-6-13(12)21(27)28-16(17)9-29-20-18-19(24-10-23-18)25-11-26-20/h3-12,14H,1-2H3,(H,24,25,26,27);2-9,11-12H,10H2,1H3,(H,23,24,25,26);1-8,10-11H,9H2,(H,23,24,25,26). The van der Waals surface area contributed by atoms with Crippen molar-refractivity contribution in [3.05, 3.63) is 249 Å². The molecule has 88 heavy (non-hydrogen) atoms. The van der Waals surface area contributed by atoms with E-state index in [9.17, 15) is 18.8 Å². The smallest absolute Gasteiger partial charge is 0.343 e. The number of rotatable bonds is 12. The van der Waals surface area contributed by atoms with E-state index in [0.29, 0.717) is 83.2 Å². The average molecular weight is 1220 g/mol. The number of thioether (sulfide) groups is 3. The number of H-pyrrole nitrogens is 3. The van der Waals surface area contributed by atoms with E-state index in [2.05, 4.69) is 97.9 Å². The lowest BCUT2D eigenvalue weighted by Crippen LogP contribution is -2.06. The van der Waals surface area contributed by atoms with Gasteiger partial charge in [-0.25, -0.2) is 63.6 Å². The van der Waals surface area contributed by atoms with Gasteiger partial charge >= 0.3 is 16.9 Å². The number of halogens is 1. The Morgan fingerprint density at radius 3 is 1.35 bits per heavy atom. The van der Waals surface area contributed by atoms with Crippen LogP contribution in [0, 0.1) is 19.7 Å². The van der Waals surface area contributed by atoms with Gasteiger partial charge in [-0.3, -0.25) is 0 Å². The van der Waals surface area contributed by atoms with Crippen LogP contribution in [0.3, 0.4) is 0 Å². The van der Waals surface area contributed by atoms with Gasteiger partial charge in [-0.2, -0.15) is 0 Å². The van der Waals surface area contributed by atoms with E-state index < -0.39 is 5.63 Å². The van der Waals surface area contributed by atoms with Crippen molar-refractivity contribution >= 4 is 101 Å². The predicted octanol–water partition coefficient (Wildman–Crippen LogP) is 14.6. The Bertz CT molecular complexity index is 5300. The van der Waals surface area contributed by atoms with E-state index in [4.69, 9.17) is 13.3 Å². The minimum atomic E-state index is -0.453. The van der Waals surface area contributed by atoms with Crippen molar-refractivity contribution in [2.45, 2.75) is 52.6 Å². The number of aryl methyl sites for hydroxylation is 2. The summed E-state index contributed by atoms with van der Waals surface area (Å²) in [4.78, 5) is 85.0. The van der Waals surface area contributed by atoms with Crippen molar-refractivity contribution < 1.29 is 17.6 Å². The Morgan fingerprint density at radius 2 is 0.852 bits per heavy atom. The second-order valence-electron chi connectivity index (χ2n) is 20.0. The third-order valence-electron chi connectivity index (χ3n) is 14.3. The van der Waals surface area contributed by atoms with E-state index in [0.717, 1.165) is 65.2 Å². The minimum Gasteiger partial charge on any atom is -0.426 e. The molecule has 0 radical (unpaired) electrons. The van der Waals surface area contributed by atoms with Crippen molar-refractivity contribution in [1.82, 2.24) is 59.8 Å². The van der Waals surface area contributed by atoms with Gasteiger partial charge in [0.15, 0.2) is 16.9 Å². The van der Waals surface area contributed by atoms with E-state index in [1.54, 1.807) is 67.5 Å². The van der Waals surface area contributed by atoms with Crippen molar-refractivity contribution in [3.63, 3.8) is 0 Å². The highest BCUT2D eigenvalue weighted by atomic mass is 32.2. The zero-order valence-corrected chi connectivity index (χ0v) is 49.3. The van der Waals surface area contributed by atoms with Gasteiger partial charge in [-0.15, -0.1) is 0 Å². The highest BCUT2D eigenvalue weighted by Gasteiger charge is 2.24. The molecule has 0 aliphatic carbocycles. The van der Waals surface area contributed by atoms with Crippen LogP contribution in [-0.4, -0.2) is 59.8 Å². The molecule has 3 N–H and O–H groups in total. The van der Waals surface area contributed by atoms with Gasteiger partial charge in [0, 0.05) is 38.4 Å². The van der Waals surface area contributed by atoms with Crippen LogP contribution in [0.15, 0.2) is 226 Å². The van der Waals surface area contributed by atoms with Gasteiger partial charge in [0.05, 0.1) is 51.9 Å². The normalized spacial score (nSPS) is 11.7. The van der Waals surface area contributed by atoms with Crippen molar-refractivity contribution in [1.29, 1.82) is 0 Å². The van der Waals surface area contributed by atoms with Gasteiger partial charge in [-0.1, -0.05) is 168 Å². The Kier molecular flexibility index (Phi) is 16.0. The molecule has 0 aliphatic rings. The molecule has 9 aromatic heterocycles. The molecule has 1 unspecified atom stereocenters. The maximum atomic E-state index is 14.7. The molecular weight excluding hydrogens is 1170 g/mol. The topological polar surface area (TPSA) is 254 Å². The van der Waals surface area contributed by atoms with Gasteiger partial charge in [0.1, 0.15) is 73.7 Å². The average Bonchev–Trinajstić information content (AvgIpc) is 2.72. The molecule has 432 valence electrons. The molecule has 15 rings (SSSR count). The molecule has 15 aromatic rings. The maximum Gasteiger partial charge on any atom is 0.343 e. The van der Waals surface area contributed by atoms with Crippen LogP contribution in [0.4, 0.5) is 4.39 Å². The highest BCUT2D eigenvalue weighted by Crippen LogP contribution is 2.43. The first-order valence-corrected chi connectivity index (χ1v) is 30.3. The number of imidazole rings is 3. The summed E-state index contributed by atoms with van der Waals surface area (Å²) in [6, 6.07) is 45.1. The number of nitrogens with zero attached hydrogens (tertiary/aromatic N) is 9. The van der Waals surface area contributed by atoms with Crippen LogP contribution in [0.2, 0.25) is 0 Å². The van der Waals surface area contributed by atoms with Gasteiger partial charge in [0.2, 0.25) is 0 Å². The number of hydrogen-bond acceptors (Lipinski definition) is 18. The quantitative estimate of drug-likeness (QED) is 0.0759. The monoisotopic (exact) mass is 1220 g/mol. The SMILES string of the molecule is Cc1cccc(-c2c(C(C)Sc3ncnc4nc[nH]c34)oc(=O)c3ccccc23)c1.Cc1cccc(-c2c(CSc3ncnc4nc[nH]c34)oc(=O)c3ccccc23)c1.O=c1oc(CSc2ncnc3nc[nH]c23)c(-c2ccccc2F)c2ccccc12. The van der Waals surface area contributed by atoms with Crippen LogP contribution >= 0.6 is 35.3 Å². The van der Waals surface area contributed by atoms with Crippen LogP contribution in [0.1, 0.15) is 40.6 Å². The van der Waals surface area contributed by atoms with E-state index in [1.165, 1.54) is 60.3 Å². The fourth-order valence-corrected chi connectivity index (χ4v) is 13.2. The van der Waals surface area contributed by atoms with Crippen molar-refractivity contribution in [2.24, 2.45) is 0 Å². The third kappa shape index (κ3) is 11.5. The molecular formula is C66H47FN12O6S3. The van der Waals surface area contributed by atoms with Gasteiger partial charge < -0.3 is 28.2 Å². The molecule has 0 aliphatic heterocycles. The van der Waals surface area contributed by atoms with Crippen LogP contribution in [-0.2, 0) is 11.5 Å². The molecule has 0 amide bonds. The fraction of sp³-hybridized carbons (Fsp3) is 0.0909. The molecule has 9 heterocycles. The summed E-state index contributed by atoms with van der Waals surface area (Å²) in [5.74, 6) is 1.99. The van der Waals surface area contributed by atoms with Gasteiger partial charge in [-0.05, 0) is 56.2 Å². The highest BCUT2D eigenvalue weighted by molar-refractivity contribution is 7.99. The summed E-state index contributed by atoms with van der Waals surface area (Å²) in [6.07, 6.45) is 9.16. The fourth-order valence-electron chi connectivity index (χ4n) is 10.4. The second kappa shape index (κ2) is 24.9. The first-order valence-electron chi connectivity index (χ1n) is 27.4. The predicted molar refractivity (Wildman–Crippen MR) is 342 cm³/mol. The lowest BCUT2D eigenvalue weighted by Gasteiger charge is -2.17. The summed E-state index contributed by atoms with van der Waals surface area (Å²) >= 11 is 4.35. The van der Waals surface area contributed by atoms with E-state index in [1.807, 2.05) is 73.7 Å². The number of aromatic amines is 3. The molecule has 6 aromatic carbocycles. The second-order valence-corrected chi connectivity index (χ2v) is 23.3. The summed E-state index contributed by atoms with van der Waals surface area (Å²) in [5, 5.41) is 6.02. The largest absolute Gasteiger partial charge is 0.426 e. The Balaban J connectivity index is 0.000000122. The van der Waals surface area contributed by atoms with Crippen LogP contribution in [0.5, 0.6) is 0 Å². The Morgan fingerprint density at radius 1 is 0.443 bits per heavy atom. The molecule has 0 bridgehead atoms. The maximum absolute atomic E-state index is 14.7. The summed E-state index contributed by atoms with van der Waals surface area (Å²) in [6.45, 7) is 6.12. The number of nitrogens with one attached hydrogen (secondary N) is 3. The summed E-state index contributed by atoms with van der Waals surface area (Å²) in [7, 11) is 0. The zero-order valence-electron chi connectivity index (χ0n) is 46.9. The molecule has 0 fully saturated rings. The van der Waals surface area contributed by atoms with E-state index in [-0.39, 0.29) is 28.1 Å². The molecule has 18 nitrogen and oxygen atoms in total. The Hall–Kier alpha value is -10.4. The van der Waals surface area contributed by atoms with Crippen LogP contribution < -0.4 is 16.9 Å². The lowest BCUT2D eigenvalue weighted by atomic mass is 9.96. The van der Waals surface area contributed by atoms with E-state index >= 15 is 0 Å². The van der Waals surface area contributed by atoms with Crippen LogP contribution in [0.25, 0.3) is 99.2 Å².